The van der Waals surface area contributed by atoms with Gasteiger partial charge in [-0.1, -0.05) is 42.1 Å². The first-order valence-electron chi connectivity index (χ1n) is 10.5. The Labute approximate surface area is 189 Å². The second-order valence-electron chi connectivity index (χ2n) is 7.77. The first-order valence-corrected chi connectivity index (χ1v) is 11.3. The molecule has 0 spiro atoms. The zero-order valence-corrected chi connectivity index (χ0v) is 18.5. The van der Waals surface area contributed by atoms with Gasteiger partial charge in [-0.05, 0) is 44.0 Å². The maximum absolute atomic E-state index is 13.5. The Morgan fingerprint density at radius 1 is 1.12 bits per heavy atom. The number of piperidine rings is 1. The number of amides is 2. The molecular weight excluding hydrogens is 429 g/mol. The van der Waals surface area contributed by atoms with Crippen molar-refractivity contribution in [3.63, 3.8) is 0 Å². The predicted octanol–water partition coefficient (Wildman–Crippen LogP) is 3.28. The van der Waals surface area contributed by atoms with Gasteiger partial charge in [0, 0.05) is 24.3 Å². The Hall–Kier alpha value is -3.20. The summed E-state index contributed by atoms with van der Waals surface area (Å²) in [6.45, 7) is 2.76. The molecule has 2 unspecified atom stereocenters. The summed E-state index contributed by atoms with van der Waals surface area (Å²) in [5.41, 5.74) is 7.01. The average molecular weight is 454 g/mol. The van der Waals surface area contributed by atoms with Gasteiger partial charge < -0.3 is 10.6 Å². The van der Waals surface area contributed by atoms with Crippen molar-refractivity contribution in [3.05, 3.63) is 60.4 Å². The Balaban J connectivity index is 1.62. The number of hydrogen-bond donors (Lipinski definition) is 1. The molecule has 0 saturated carbocycles. The molecule has 2 amide bonds. The zero-order valence-electron chi connectivity index (χ0n) is 17.6. The number of thioether (sulfide) groups is 1. The van der Waals surface area contributed by atoms with Crippen LogP contribution in [0, 0.1) is 11.7 Å². The molecule has 1 aliphatic rings. The van der Waals surface area contributed by atoms with Gasteiger partial charge in [0.1, 0.15) is 5.82 Å². The molecule has 1 aromatic heterocycles. The lowest BCUT2D eigenvalue weighted by atomic mass is 9.97. The van der Waals surface area contributed by atoms with Crippen molar-refractivity contribution >= 4 is 23.6 Å². The second kappa shape index (κ2) is 9.52. The molecule has 0 radical (unpaired) electrons. The van der Waals surface area contributed by atoms with Crippen LogP contribution in [0.25, 0.3) is 17.1 Å². The number of hydrogen-bond acceptors (Lipinski definition) is 5. The number of nitrogens with two attached hydrogens (primary N) is 1. The maximum Gasteiger partial charge on any atom is 0.235 e. The highest BCUT2D eigenvalue weighted by Gasteiger charge is 2.31. The van der Waals surface area contributed by atoms with Crippen LogP contribution < -0.4 is 5.73 Å². The Kier molecular flexibility index (Phi) is 6.55. The normalized spacial score (nSPS) is 17.2. The SMILES string of the molecule is CC(Sc1nnc(-c2ccccc2)n1-c1ccc(F)cc1)C(=O)N1CCCC(C(N)=O)C1. The van der Waals surface area contributed by atoms with E-state index in [4.69, 9.17) is 5.73 Å². The molecule has 9 heteroatoms. The molecule has 2 atom stereocenters. The molecule has 166 valence electrons. The molecule has 1 fully saturated rings. The lowest BCUT2D eigenvalue weighted by molar-refractivity contribution is -0.134. The number of likely N-dealkylation sites (tertiary alicyclic amines) is 1. The van der Waals surface area contributed by atoms with E-state index in [1.54, 1.807) is 17.0 Å². The third kappa shape index (κ3) is 4.67. The minimum atomic E-state index is -0.450. The van der Waals surface area contributed by atoms with Crippen molar-refractivity contribution in [2.45, 2.75) is 30.2 Å². The summed E-state index contributed by atoms with van der Waals surface area (Å²) in [7, 11) is 0. The van der Waals surface area contributed by atoms with E-state index in [-0.39, 0.29) is 23.5 Å². The summed E-state index contributed by atoms with van der Waals surface area (Å²) in [5, 5.41) is 8.77. The van der Waals surface area contributed by atoms with Crippen molar-refractivity contribution in [2.75, 3.05) is 13.1 Å². The third-order valence-electron chi connectivity index (χ3n) is 5.52. The molecule has 1 saturated heterocycles. The average Bonchev–Trinajstić information content (AvgIpc) is 3.23. The molecule has 1 aliphatic heterocycles. The van der Waals surface area contributed by atoms with E-state index in [0.717, 1.165) is 12.0 Å². The van der Waals surface area contributed by atoms with Gasteiger partial charge >= 0.3 is 0 Å². The number of benzene rings is 2. The van der Waals surface area contributed by atoms with E-state index in [2.05, 4.69) is 10.2 Å². The van der Waals surface area contributed by atoms with E-state index < -0.39 is 5.25 Å². The highest BCUT2D eigenvalue weighted by molar-refractivity contribution is 8.00. The summed E-state index contributed by atoms with van der Waals surface area (Å²) >= 11 is 1.28. The number of carbonyl (C=O) groups excluding carboxylic acids is 2. The van der Waals surface area contributed by atoms with Crippen LogP contribution in [0.15, 0.2) is 59.8 Å². The minimum Gasteiger partial charge on any atom is -0.369 e. The number of aromatic nitrogens is 3. The van der Waals surface area contributed by atoms with Crippen LogP contribution in [-0.4, -0.2) is 49.8 Å². The van der Waals surface area contributed by atoms with Gasteiger partial charge in [-0.15, -0.1) is 10.2 Å². The molecule has 2 heterocycles. The maximum atomic E-state index is 13.5. The van der Waals surface area contributed by atoms with Gasteiger partial charge in [0.25, 0.3) is 0 Å². The zero-order chi connectivity index (χ0) is 22.7. The van der Waals surface area contributed by atoms with Crippen molar-refractivity contribution in [2.24, 2.45) is 11.7 Å². The van der Waals surface area contributed by atoms with E-state index in [0.29, 0.717) is 36.2 Å². The van der Waals surface area contributed by atoms with Crippen LogP contribution in [-0.2, 0) is 9.59 Å². The predicted molar refractivity (Wildman–Crippen MR) is 121 cm³/mol. The Morgan fingerprint density at radius 3 is 2.53 bits per heavy atom. The first kappa shape index (κ1) is 22.0. The standard InChI is InChI=1S/C23H24FN5O2S/c1-15(22(31)28-13-5-8-17(14-28)20(25)30)32-23-27-26-21(16-6-3-2-4-7-16)29(23)19-11-9-18(24)10-12-19/h2-4,6-7,9-12,15,17H,5,8,13-14H2,1H3,(H2,25,30). The van der Waals surface area contributed by atoms with E-state index in [9.17, 15) is 14.0 Å². The highest BCUT2D eigenvalue weighted by Crippen LogP contribution is 2.31. The van der Waals surface area contributed by atoms with Crippen molar-refractivity contribution in [1.82, 2.24) is 19.7 Å². The number of carbonyl (C=O) groups is 2. The fourth-order valence-corrected chi connectivity index (χ4v) is 4.77. The van der Waals surface area contributed by atoms with Gasteiger partial charge in [0.2, 0.25) is 11.8 Å². The second-order valence-corrected chi connectivity index (χ2v) is 9.08. The first-order chi connectivity index (χ1) is 15.4. The van der Waals surface area contributed by atoms with Crippen LogP contribution in [0.5, 0.6) is 0 Å². The number of halogens is 1. The molecule has 4 rings (SSSR count). The quantitative estimate of drug-likeness (QED) is 0.578. The molecular formula is C23H24FN5O2S. The fraction of sp³-hybridized carbons (Fsp3) is 0.304. The third-order valence-corrected chi connectivity index (χ3v) is 6.55. The summed E-state index contributed by atoms with van der Waals surface area (Å²) in [6, 6.07) is 15.6. The number of rotatable bonds is 6. The lowest BCUT2D eigenvalue weighted by Gasteiger charge is -2.32. The summed E-state index contributed by atoms with van der Waals surface area (Å²) < 4.78 is 15.4. The van der Waals surface area contributed by atoms with Crippen LogP contribution >= 0.6 is 11.8 Å². The fourth-order valence-electron chi connectivity index (χ4n) is 3.82. The Morgan fingerprint density at radius 2 is 1.84 bits per heavy atom. The van der Waals surface area contributed by atoms with Crippen LogP contribution in [0.2, 0.25) is 0 Å². The molecule has 32 heavy (non-hydrogen) atoms. The molecule has 0 aliphatic carbocycles. The van der Waals surface area contributed by atoms with E-state index in [1.165, 1.54) is 23.9 Å². The summed E-state index contributed by atoms with van der Waals surface area (Å²) in [6.07, 6.45) is 1.46. The topological polar surface area (TPSA) is 94.1 Å². The lowest BCUT2D eigenvalue weighted by Crippen LogP contribution is -2.46. The monoisotopic (exact) mass is 453 g/mol. The van der Waals surface area contributed by atoms with Gasteiger partial charge in [-0.3, -0.25) is 14.2 Å². The van der Waals surface area contributed by atoms with E-state index in [1.807, 2.05) is 41.8 Å². The van der Waals surface area contributed by atoms with Gasteiger partial charge in [0.15, 0.2) is 11.0 Å². The van der Waals surface area contributed by atoms with Crippen LogP contribution in [0.4, 0.5) is 4.39 Å². The minimum absolute atomic E-state index is 0.0733. The number of nitrogens with zero attached hydrogens (tertiary/aromatic N) is 4. The molecule has 3 aromatic rings. The smallest absolute Gasteiger partial charge is 0.235 e. The molecule has 2 aromatic carbocycles. The van der Waals surface area contributed by atoms with Crippen molar-refractivity contribution in [1.29, 1.82) is 0 Å². The van der Waals surface area contributed by atoms with Gasteiger partial charge in [0.05, 0.1) is 11.2 Å². The van der Waals surface area contributed by atoms with Gasteiger partial charge in [-0.2, -0.15) is 0 Å². The van der Waals surface area contributed by atoms with E-state index >= 15 is 0 Å². The summed E-state index contributed by atoms with van der Waals surface area (Å²) in [4.78, 5) is 26.4. The number of primary amides is 1. The molecule has 7 nitrogen and oxygen atoms in total. The summed E-state index contributed by atoms with van der Waals surface area (Å²) in [5.74, 6) is -0.485. The largest absolute Gasteiger partial charge is 0.369 e. The van der Waals surface area contributed by atoms with Crippen LogP contribution in [0.1, 0.15) is 19.8 Å². The molecule has 2 N–H and O–H groups in total. The van der Waals surface area contributed by atoms with Crippen molar-refractivity contribution < 1.29 is 14.0 Å². The molecule has 0 bridgehead atoms. The van der Waals surface area contributed by atoms with Gasteiger partial charge in [-0.25, -0.2) is 4.39 Å². The Bertz CT molecular complexity index is 1100. The van der Waals surface area contributed by atoms with Crippen LogP contribution in [0.3, 0.4) is 0 Å². The highest BCUT2D eigenvalue weighted by atomic mass is 32.2. The van der Waals surface area contributed by atoms with Crippen molar-refractivity contribution in [3.8, 4) is 17.1 Å².